The molecule has 1 aromatic carbocycles. The van der Waals surface area contributed by atoms with Crippen LogP contribution in [0.3, 0.4) is 0 Å². The van der Waals surface area contributed by atoms with Crippen molar-refractivity contribution in [3.05, 3.63) is 41.3 Å². The number of benzene rings is 1. The Morgan fingerprint density at radius 3 is 2.38 bits per heavy atom. The molecule has 0 saturated carbocycles. The standard InChI is InChI=1S/C9H11NO2S/c1-10-13(11,12)8-7-9-5-3-2-4-6-9/h2-8,10H,1H3. The summed E-state index contributed by atoms with van der Waals surface area (Å²) in [4.78, 5) is 0. The Kier molecular flexibility index (Phi) is 3.22. The summed E-state index contributed by atoms with van der Waals surface area (Å²) in [5.74, 6) is 0. The van der Waals surface area contributed by atoms with Gasteiger partial charge in [0.2, 0.25) is 10.0 Å². The fraction of sp³-hybridized carbons (Fsp3) is 0.111. The van der Waals surface area contributed by atoms with Gasteiger partial charge in [0, 0.05) is 5.41 Å². The minimum Gasteiger partial charge on any atom is -0.215 e. The molecule has 0 heterocycles. The van der Waals surface area contributed by atoms with E-state index in [0.717, 1.165) is 11.0 Å². The lowest BCUT2D eigenvalue weighted by molar-refractivity contribution is 0.597. The van der Waals surface area contributed by atoms with Crippen LogP contribution < -0.4 is 4.72 Å². The zero-order chi connectivity index (χ0) is 9.73. The Hall–Kier alpha value is -1.13. The molecule has 1 aromatic rings. The van der Waals surface area contributed by atoms with Gasteiger partial charge in [-0.15, -0.1) is 0 Å². The van der Waals surface area contributed by atoms with Crippen molar-refractivity contribution in [1.82, 2.24) is 4.72 Å². The van der Waals surface area contributed by atoms with E-state index < -0.39 is 10.0 Å². The smallest absolute Gasteiger partial charge is 0.215 e. The van der Waals surface area contributed by atoms with Crippen LogP contribution >= 0.6 is 0 Å². The van der Waals surface area contributed by atoms with Crippen molar-refractivity contribution in [3.63, 3.8) is 0 Å². The van der Waals surface area contributed by atoms with Gasteiger partial charge in [0.25, 0.3) is 0 Å². The van der Waals surface area contributed by atoms with Crippen molar-refractivity contribution in [1.29, 1.82) is 0 Å². The molecule has 70 valence electrons. The van der Waals surface area contributed by atoms with E-state index in [1.54, 1.807) is 6.08 Å². The van der Waals surface area contributed by atoms with Crippen molar-refractivity contribution >= 4 is 16.1 Å². The maximum atomic E-state index is 11.0. The van der Waals surface area contributed by atoms with Gasteiger partial charge in [-0.1, -0.05) is 30.3 Å². The quantitative estimate of drug-likeness (QED) is 0.791. The summed E-state index contributed by atoms with van der Waals surface area (Å²) >= 11 is 0. The van der Waals surface area contributed by atoms with Crippen LogP contribution in [0.5, 0.6) is 0 Å². The topological polar surface area (TPSA) is 46.2 Å². The second-order valence-corrected chi connectivity index (χ2v) is 4.23. The minimum atomic E-state index is -3.25. The van der Waals surface area contributed by atoms with Crippen molar-refractivity contribution < 1.29 is 8.42 Å². The van der Waals surface area contributed by atoms with Crippen LogP contribution in [0.2, 0.25) is 0 Å². The largest absolute Gasteiger partial charge is 0.233 e. The molecule has 0 fully saturated rings. The van der Waals surface area contributed by atoms with Crippen LogP contribution in [0.4, 0.5) is 0 Å². The van der Waals surface area contributed by atoms with Crippen LogP contribution in [-0.4, -0.2) is 15.5 Å². The zero-order valence-corrected chi connectivity index (χ0v) is 8.08. The van der Waals surface area contributed by atoms with Gasteiger partial charge in [0.15, 0.2) is 0 Å². The fourth-order valence-electron chi connectivity index (χ4n) is 0.800. The van der Waals surface area contributed by atoms with Crippen molar-refractivity contribution in [2.24, 2.45) is 0 Å². The Labute approximate surface area is 78.1 Å². The molecule has 0 spiro atoms. The molecule has 0 atom stereocenters. The summed E-state index contributed by atoms with van der Waals surface area (Å²) < 4.78 is 24.1. The number of sulfonamides is 1. The highest BCUT2D eigenvalue weighted by molar-refractivity contribution is 7.92. The normalized spacial score (nSPS) is 12.1. The van der Waals surface area contributed by atoms with E-state index in [2.05, 4.69) is 4.72 Å². The minimum absolute atomic E-state index is 0.862. The molecule has 0 amide bonds. The summed E-state index contributed by atoms with van der Waals surface area (Å²) in [5.41, 5.74) is 0.862. The highest BCUT2D eigenvalue weighted by Gasteiger charge is 1.97. The number of hydrogen-bond acceptors (Lipinski definition) is 2. The Balaban J connectivity index is 2.82. The first-order valence-electron chi connectivity index (χ1n) is 3.81. The van der Waals surface area contributed by atoms with Gasteiger partial charge in [-0.3, -0.25) is 0 Å². The van der Waals surface area contributed by atoms with Gasteiger partial charge in [0.05, 0.1) is 0 Å². The van der Waals surface area contributed by atoms with Gasteiger partial charge in [-0.05, 0) is 18.7 Å². The highest BCUT2D eigenvalue weighted by atomic mass is 32.2. The van der Waals surface area contributed by atoms with E-state index in [4.69, 9.17) is 0 Å². The van der Waals surface area contributed by atoms with Crippen LogP contribution in [0, 0.1) is 0 Å². The molecule has 0 saturated heterocycles. The summed E-state index contributed by atoms with van der Waals surface area (Å²) in [6, 6.07) is 9.25. The maximum absolute atomic E-state index is 11.0. The van der Waals surface area contributed by atoms with E-state index in [1.807, 2.05) is 30.3 Å². The second kappa shape index (κ2) is 4.20. The zero-order valence-electron chi connectivity index (χ0n) is 7.27. The molecule has 0 bridgehead atoms. The first-order valence-corrected chi connectivity index (χ1v) is 5.35. The van der Waals surface area contributed by atoms with E-state index in [9.17, 15) is 8.42 Å². The molecule has 1 N–H and O–H groups in total. The van der Waals surface area contributed by atoms with Crippen molar-refractivity contribution in [3.8, 4) is 0 Å². The van der Waals surface area contributed by atoms with Crippen LogP contribution in [0.15, 0.2) is 35.7 Å². The summed E-state index contributed by atoms with van der Waals surface area (Å²) in [6.07, 6.45) is 1.55. The molecule has 1 rings (SSSR count). The molecular formula is C9H11NO2S. The van der Waals surface area contributed by atoms with Crippen LogP contribution in [0.25, 0.3) is 6.08 Å². The van der Waals surface area contributed by atoms with Crippen LogP contribution in [-0.2, 0) is 10.0 Å². The Bertz CT molecular complexity index is 381. The lowest BCUT2D eigenvalue weighted by Crippen LogP contribution is -2.14. The molecule has 0 aliphatic heterocycles. The summed E-state index contributed by atoms with van der Waals surface area (Å²) in [7, 11) is -1.87. The molecule has 0 unspecified atom stereocenters. The highest BCUT2D eigenvalue weighted by Crippen LogP contribution is 2.01. The van der Waals surface area contributed by atoms with E-state index in [-0.39, 0.29) is 0 Å². The first kappa shape index (κ1) is 9.95. The van der Waals surface area contributed by atoms with Gasteiger partial charge < -0.3 is 0 Å². The molecule has 0 aliphatic rings. The average molecular weight is 197 g/mol. The third-order valence-corrected chi connectivity index (χ3v) is 2.59. The Morgan fingerprint density at radius 2 is 1.85 bits per heavy atom. The third kappa shape index (κ3) is 3.40. The number of nitrogens with one attached hydrogen (secondary N) is 1. The fourth-order valence-corrected chi connectivity index (χ4v) is 1.27. The molecule has 0 aromatic heterocycles. The average Bonchev–Trinajstić information content (AvgIpc) is 2.17. The molecule has 0 radical (unpaired) electrons. The summed E-state index contributed by atoms with van der Waals surface area (Å²) in [5, 5.41) is 1.14. The molecular weight excluding hydrogens is 186 g/mol. The van der Waals surface area contributed by atoms with E-state index in [0.29, 0.717) is 0 Å². The van der Waals surface area contributed by atoms with Gasteiger partial charge >= 0.3 is 0 Å². The Morgan fingerprint density at radius 1 is 1.23 bits per heavy atom. The first-order chi connectivity index (χ1) is 6.14. The summed E-state index contributed by atoms with van der Waals surface area (Å²) in [6.45, 7) is 0. The molecule has 4 heteroatoms. The van der Waals surface area contributed by atoms with E-state index in [1.165, 1.54) is 7.05 Å². The monoisotopic (exact) mass is 197 g/mol. The lowest BCUT2D eigenvalue weighted by atomic mass is 10.2. The predicted octanol–water partition coefficient (Wildman–Crippen LogP) is 1.21. The third-order valence-electron chi connectivity index (χ3n) is 1.52. The molecule has 13 heavy (non-hydrogen) atoms. The van der Waals surface area contributed by atoms with Gasteiger partial charge in [-0.25, -0.2) is 13.1 Å². The lowest BCUT2D eigenvalue weighted by Gasteiger charge is -1.93. The molecule has 3 nitrogen and oxygen atoms in total. The predicted molar refractivity (Wildman–Crippen MR) is 53.5 cm³/mol. The van der Waals surface area contributed by atoms with Crippen LogP contribution in [0.1, 0.15) is 5.56 Å². The second-order valence-electron chi connectivity index (χ2n) is 2.46. The SMILES string of the molecule is CNS(=O)(=O)C=Cc1ccccc1. The maximum Gasteiger partial charge on any atom is 0.233 e. The van der Waals surface area contributed by atoms with Crippen molar-refractivity contribution in [2.75, 3.05) is 7.05 Å². The van der Waals surface area contributed by atoms with Crippen molar-refractivity contribution in [2.45, 2.75) is 0 Å². The number of rotatable bonds is 3. The van der Waals surface area contributed by atoms with E-state index >= 15 is 0 Å². The van der Waals surface area contributed by atoms with Gasteiger partial charge in [-0.2, -0.15) is 0 Å². The number of hydrogen-bond donors (Lipinski definition) is 1. The van der Waals surface area contributed by atoms with Gasteiger partial charge in [0.1, 0.15) is 0 Å². The molecule has 0 aliphatic carbocycles.